The number of ether oxygens (including phenoxy) is 1. The predicted molar refractivity (Wildman–Crippen MR) is 81.4 cm³/mol. The number of anilines is 3. The van der Waals surface area contributed by atoms with Gasteiger partial charge in [-0.2, -0.15) is 0 Å². The molecule has 0 aliphatic rings. The van der Waals surface area contributed by atoms with Crippen molar-refractivity contribution in [2.24, 2.45) is 0 Å². The minimum absolute atomic E-state index is 0.172. The van der Waals surface area contributed by atoms with Crippen molar-refractivity contribution in [2.75, 3.05) is 11.1 Å². The molecule has 100 valence electrons. The molecule has 0 atom stereocenters. The van der Waals surface area contributed by atoms with Gasteiger partial charge in [0.05, 0.1) is 17.5 Å². The largest absolute Gasteiger partial charge is 0.491 e. The quantitative estimate of drug-likeness (QED) is 0.811. The smallest absolute Gasteiger partial charge is 0.119 e. The Hall–Kier alpha value is -1.87. The second-order valence-electron chi connectivity index (χ2n) is 4.55. The fourth-order valence-corrected chi connectivity index (χ4v) is 1.87. The lowest BCUT2D eigenvalue weighted by Crippen LogP contribution is -2.05. The summed E-state index contributed by atoms with van der Waals surface area (Å²) in [4.78, 5) is 0. The fraction of sp³-hybridized carbons (Fsp3) is 0.200. The van der Waals surface area contributed by atoms with Gasteiger partial charge in [0.2, 0.25) is 0 Å². The molecule has 2 aromatic rings. The van der Waals surface area contributed by atoms with E-state index in [4.69, 9.17) is 22.1 Å². The van der Waals surface area contributed by atoms with E-state index in [1.54, 1.807) is 12.1 Å². The highest BCUT2D eigenvalue weighted by molar-refractivity contribution is 6.31. The molecule has 3 nitrogen and oxygen atoms in total. The summed E-state index contributed by atoms with van der Waals surface area (Å²) in [6.07, 6.45) is 0.172. The van der Waals surface area contributed by atoms with E-state index in [2.05, 4.69) is 5.32 Å². The average molecular weight is 277 g/mol. The maximum Gasteiger partial charge on any atom is 0.119 e. The molecule has 2 rings (SSSR count). The summed E-state index contributed by atoms with van der Waals surface area (Å²) in [6, 6.07) is 13.1. The van der Waals surface area contributed by atoms with Gasteiger partial charge in [0.1, 0.15) is 5.75 Å². The van der Waals surface area contributed by atoms with Crippen LogP contribution in [-0.4, -0.2) is 6.10 Å². The van der Waals surface area contributed by atoms with E-state index >= 15 is 0 Å². The van der Waals surface area contributed by atoms with Gasteiger partial charge >= 0.3 is 0 Å². The first-order valence-corrected chi connectivity index (χ1v) is 6.51. The lowest BCUT2D eigenvalue weighted by Gasteiger charge is -2.12. The summed E-state index contributed by atoms with van der Waals surface area (Å²) in [5.74, 6) is 0.852. The number of halogens is 1. The van der Waals surface area contributed by atoms with Crippen molar-refractivity contribution in [3.8, 4) is 5.75 Å². The van der Waals surface area contributed by atoms with E-state index in [0.717, 1.165) is 17.1 Å². The Morgan fingerprint density at radius 3 is 2.37 bits per heavy atom. The minimum Gasteiger partial charge on any atom is -0.491 e. The van der Waals surface area contributed by atoms with Crippen LogP contribution in [0.3, 0.4) is 0 Å². The third kappa shape index (κ3) is 3.80. The van der Waals surface area contributed by atoms with Crippen LogP contribution in [0.4, 0.5) is 17.1 Å². The second-order valence-corrected chi connectivity index (χ2v) is 4.98. The van der Waals surface area contributed by atoms with Crippen molar-refractivity contribution in [1.29, 1.82) is 0 Å². The van der Waals surface area contributed by atoms with Gasteiger partial charge in [0, 0.05) is 10.7 Å². The number of rotatable bonds is 4. The monoisotopic (exact) mass is 276 g/mol. The number of benzene rings is 2. The Morgan fingerprint density at radius 2 is 1.79 bits per heavy atom. The molecule has 4 heteroatoms. The molecule has 19 heavy (non-hydrogen) atoms. The third-order valence-electron chi connectivity index (χ3n) is 2.52. The van der Waals surface area contributed by atoms with Gasteiger partial charge in [0.25, 0.3) is 0 Å². The summed E-state index contributed by atoms with van der Waals surface area (Å²) < 4.78 is 5.59. The van der Waals surface area contributed by atoms with Crippen LogP contribution in [0.5, 0.6) is 5.75 Å². The normalized spacial score (nSPS) is 10.5. The molecule has 0 bridgehead atoms. The van der Waals surface area contributed by atoms with E-state index in [9.17, 15) is 0 Å². The van der Waals surface area contributed by atoms with Crippen LogP contribution in [0.15, 0.2) is 42.5 Å². The van der Waals surface area contributed by atoms with Crippen LogP contribution in [0.2, 0.25) is 5.02 Å². The molecule has 0 saturated heterocycles. The summed E-state index contributed by atoms with van der Waals surface area (Å²) in [6.45, 7) is 4.00. The Bertz CT molecular complexity index is 553. The van der Waals surface area contributed by atoms with Crippen LogP contribution < -0.4 is 15.8 Å². The standard InChI is InChI=1S/C15H17ClN2O/c1-10(2)19-13-6-4-12(5-7-13)18-15-8-3-11(16)9-14(15)17/h3-10,18H,17H2,1-2H3. The molecule has 2 aromatic carbocycles. The molecule has 3 N–H and O–H groups in total. The molecular weight excluding hydrogens is 260 g/mol. The molecular formula is C15H17ClN2O. The lowest BCUT2D eigenvalue weighted by atomic mass is 10.2. The van der Waals surface area contributed by atoms with Crippen molar-refractivity contribution in [1.82, 2.24) is 0 Å². The zero-order valence-corrected chi connectivity index (χ0v) is 11.7. The molecule has 0 amide bonds. The van der Waals surface area contributed by atoms with Gasteiger partial charge in [-0.1, -0.05) is 11.6 Å². The van der Waals surface area contributed by atoms with Crippen LogP contribution >= 0.6 is 11.6 Å². The first-order valence-electron chi connectivity index (χ1n) is 6.13. The molecule has 0 radical (unpaired) electrons. The second kappa shape index (κ2) is 5.85. The van der Waals surface area contributed by atoms with E-state index in [1.807, 2.05) is 44.2 Å². The maximum absolute atomic E-state index is 5.89. The van der Waals surface area contributed by atoms with Crippen LogP contribution in [0.1, 0.15) is 13.8 Å². The summed E-state index contributed by atoms with van der Waals surface area (Å²) in [7, 11) is 0. The van der Waals surface area contributed by atoms with Gasteiger partial charge < -0.3 is 15.8 Å². The zero-order chi connectivity index (χ0) is 13.8. The van der Waals surface area contributed by atoms with Crippen LogP contribution in [-0.2, 0) is 0 Å². The topological polar surface area (TPSA) is 47.3 Å². The Balaban J connectivity index is 2.10. The van der Waals surface area contributed by atoms with Crippen molar-refractivity contribution < 1.29 is 4.74 Å². The van der Waals surface area contributed by atoms with Gasteiger partial charge in [-0.3, -0.25) is 0 Å². The predicted octanol–water partition coefficient (Wildman–Crippen LogP) is 4.45. The zero-order valence-electron chi connectivity index (χ0n) is 11.0. The molecule has 0 heterocycles. The molecule has 0 fully saturated rings. The summed E-state index contributed by atoms with van der Waals surface area (Å²) in [5, 5.41) is 3.87. The molecule has 0 spiro atoms. The highest BCUT2D eigenvalue weighted by atomic mass is 35.5. The number of hydrogen-bond acceptors (Lipinski definition) is 3. The third-order valence-corrected chi connectivity index (χ3v) is 2.75. The van der Waals surface area contributed by atoms with Crippen molar-refractivity contribution in [3.63, 3.8) is 0 Å². The molecule has 0 aliphatic carbocycles. The molecule has 0 unspecified atom stereocenters. The number of hydrogen-bond donors (Lipinski definition) is 2. The van der Waals surface area contributed by atoms with E-state index < -0.39 is 0 Å². The first-order chi connectivity index (χ1) is 9.04. The Kier molecular flexibility index (Phi) is 4.17. The van der Waals surface area contributed by atoms with Gasteiger partial charge in [-0.25, -0.2) is 0 Å². The van der Waals surface area contributed by atoms with Gasteiger partial charge in [0.15, 0.2) is 0 Å². The van der Waals surface area contributed by atoms with Crippen LogP contribution in [0.25, 0.3) is 0 Å². The average Bonchev–Trinajstić information content (AvgIpc) is 2.34. The Morgan fingerprint density at radius 1 is 1.11 bits per heavy atom. The minimum atomic E-state index is 0.172. The number of nitrogen functional groups attached to an aromatic ring is 1. The fourth-order valence-electron chi connectivity index (χ4n) is 1.69. The highest BCUT2D eigenvalue weighted by Crippen LogP contribution is 2.27. The molecule has 0 saturated carbocycles. The van der Waals surface area contributed by atoms with Gasteiger partial charge in [-0.05, 0) is 56.3 Å². The van der Waals surface area contributed by atoms with E-state index in [-0.39, 0.29) is 6.10 Å². The van der Waals surface area contributed by atoms with E-state index in [1.165, 1.54) is 0 Å². The lowest BCUT2D eigenvalue weighted by molar-refractivity contribution is 0.242. The number of nitrogens with two attached hydrogens (primary N) is 1. The van der Waals surface area contributed by atoms with Crippen molar-refractivity contribution in [3.05, 3.63) is 47.5 Å². The summed E-state index contributed by atoms with van der Waals surface area (Å²) in [5.41, 5.74) is 8.30. The molecule has 0 aliphatic heterocycles. The van der Waals surface area contributed by atoms with E-state index in [0.29, 0.717) is 10.7 Å². The Labute approximate surface area is 118 Å². The number of nitrogens with one attached hydrogen (secondary N) is 1. The SMILES string of the molecule is CC(C)Oc1ccc(Nc2ccc(Cl)cc2N)cc1. The maximum atomic E-state index is 5.89. The van der Waals surface area contributed by atoms with Crippen molar-refractivity contribution in [2.45, 2.75) is 20.0 Å². The summed E-state index contributed by atoms with van der Waals surface area (Å²) >= 11 is 5.86. The van der Waals surface area contributed by atoms with Gasteiger partial charge in [-0.15, -0.1) is 0 Å². The first kappa shape index (κ1) is 13.6. The molecule has 0 aromatic heterocycles. The van der Waals surface area contributed by atoms with Crippen LogP contribution in [0, 0.1) is 0 Å². The highest BCUT2D eigenvalue weighted by Gasteiger charge is 2.02. The van der Waals surface area contributed by atoms with Crippen molar-refractivity contribution >= 4 is 28.7 Å².